The van der Waals surface area contributed by atoms with Gasteiger partial charge in [-0.05, 0) is 36.6 Å². The first kappa shape index (κ1) is 9.04. The van der Waals surface area contributed by atoms with Crippen LogP contribution in [-0.4, -0.2) is 7.05 Å². The van der Waals surface area contributed by atoms with Crippen LogP contribution in [0.25, 0.3) is 0 Å². The van der Waals surface area contributed by atoms with E-state index in [1.54, 1.807) is 0 Å². The highest BCUT2D eigenvalue weighted by atomic mass is 35.5. The van der Waals surface area contributed by atoms with Gasteiger partial charge in [-0.3, -0.25) is 0 Å². The summed E-state index contributed by atoms with van der Waals surface area (Å²) in [6.45, 7) is 2.24. The van der Waals surface area contributed by atoms with Crippen LogP contribution in [-0.2, 0) is 0 Å². The van der Waals surface area contributed by atoms with Crippen molar-refractivity contribution in [2.75, 3.05) is 7.05 Å². The fourth-order valence-corrected chi connectivity index (χ4v) is 2.62. The monoisotopic (exact) mass is 195 g/mol. The van der Waals surface area contributed by atoms with Crippen molar-refractivity contribution in [1.82, 2.24) is 5.32 Å². The quantitative estimate of drug-likeness (QED) is 0.726. The van der Waals surface area contributed by atoms with Crippen LogP contribution in [0.2, 0.25) is 5.02 Å². The average molecular weight is 196 g/mol. The third kappa shape index (κ3) is 1.36. The molecular formula is C11H14ClN. The standard InChI is InChI=1S/C11H14ClN/c1-7-6-10(13-2)8-4-3-5-9(12)11(7)8/h3-5,7,10,13H,6H2,1-2H3. The summed E-state index contributed by atoms with van der Waals surface area (Å²) in [5.41, 5.74) is 2.71. The molecule has 0 amide bonds. The Hall–Kier alpha value is -0.530. The van der Waals surface area contributed by atoms with Gasteiger partial charge in [0.25, 0.3) is 0 Å². The summed E-state index contributed by atoms with van der Waals surface area (Å²) in [5, 5.41) is 4.24. The molecule has 1 aromatic rings. The van der Waals surface area contributed by atoms with E-state index in [1.807, 2.05) is 19.2 Å². The predicted octanol–water partition coefficient (Wildman–Crippen LogP) is 3.11. The maximum Gasteiger partial charge on any atom is 0.0444 e. The van der Waals surface area contributed by atoms with Gasteiger partial charge in [0.2, 0.25) is 0 Å². The molecule has 0 aromatic heterocycles. The smallest absolute Gasteiger partial charge is 0.0444 e. The molecule has 0 spiro atoms. The van der Waals surface area contributed by atoms with Crippen LogP contribution in [0.5, 0.6) is 0 Å². The van der Waals surface area contributed by atoms with Crippen molar-refractivity contribution in [2.24, 2.45) is 0 Å². The summed E-state index contributed by atoms with van der Waals surface area (Å²) in [6.07, 6.45) is 1.16. The van der Waals surface area contributed by atoms with Crippen molar-refractivity contribution in [3.8, 4) is 0 Å². The Morgan fingerprint density at radius 1 is 1.46 bits per heavy atom. The zero-order valence-corrected chi connectivity index (χ0v) is 8.73. The second-order valence-electron chi connectivity index (χ2n) is 3.72. The van der Waals surface area contributed by atoms with Crippen molar-refractivity contribution in [3.63, 3.8) is 0 Å². The lowest BCUT2D eigenvalue weighted by molar-refractivity contribution is 0.553. The topological polar surface area (TPSA) is 12.0 Å². The third-order valence-electron chi connectivity index (χ3n) is 2.89. The Bertz CT molecular complexity index is 322. The summed E-state index contributed by atoms with van der Waals surface area (Å²) in [4.78, 5) is 0. The van der Waals surface area contributed by atoms with Crippen molar-refractivity contribution in [3.05, 3.63) is 34.3 Å². The van der Waals surface area contributed by atoms with Gasteiger partial charge >= 0.3 is 0 Å². The molecule has 70 valence electrons. The zero-order chi connectivity index (χ0) is 9.42. The number of nitrogens with one attached hydrogen (secondary N) is 1. The minimum absolute atomic E-state index is 0.490. The van der Waals surface area contributed by atoms with E-state index in [-0.39, 0.29) is 0 Å². The number of halogens is 1. The van der Waals surface area contributed by atoms with Gasteiger partial charge in [-0.1, -0.05) is 30.7 Å². The molecule has 0 saturated heterocycles. The molecule has 1 aromatic carbocycles. The molecule has 0 fully saturated rings. The Kier molecular flexibility index (Phi) is 2.31. The molecule has 2 unspecified atom stereocenters. The fraction of sp³-hybridized carbons (Fsp3) is 0.455. The first-order valence-electron chi connectivity index (χ1n) is 4.69. The van der Waals surface area contributed by atoms with E-state index >= 15 is 0 Å². The molecule has 1 nitrogen and oxygen atoms in total. The van der Waals surface area contributed by atoms with Gasteiger partial charge in [0.1, 0.15) is 0 Å². The minimum atomic E-state index is 0.490. The summed E-state index contributed by atoms with van der Waals surface area (Å²) in [7, 11) is 2.01. The van der Waals surface area contributed by atoms with Crippen molar-refractivity contribution < 1.29 is 0 Å². The lowest BCUT2D eigenvalue weighted by Gasteiger charge is -2.09. The van der Waals surface area contributed by atoms with Crippen molar-refractivity contribution in [2.45, 2.75) is 25.3 Å². The molecule has 13 heavy (non-hydrogen) atoms. The predicted molar refractivity (Wildman–Crippen MR) is 56.3 cm³/mol. The van der Waals surface area contributed by atoms with Crippen molar-refractivity contribution in [1.29, 1.82) is 0 Å². The van der Waals surface area contributed by atoms with E-state index in [2.05, 4.69) is 18.3 Å². The molecule has 0 radical (unpaired) electrons. The van der Waals surface area contributed by atoms with E-state index in [1.165, 1.54) is 11.1 Å². The SMILES string of the molecule is CNC1CC(C)c2c(Cl)cccc21. The van der Waals surface area contributed by atoms with Gasteiger partial charge in [-0.15, -0.1) is 0 Å². The van der Waals surface area contributed by atoms with Crippen LogP contribution >= 0.6 is 11.6 Å². The molecular weight excluding hydrogens is 182 g/mol. The first-order chi connectivity index (χ1) is 6.24. The normalized spacial score (nSPS) is 26.1. The van der Waals surface area contributed by atoms with E-state index < -0.39 is 0 Å². The Labute approximate surface area is 84.1 Å². The Morgan fingerprint density at radius 3 is 2.92 bits per heavy atom. The van der Waals surface area contributed by atoms with Crippen LogP contribution in [0.4, 0.5) is 0 Å². The largest absolute Gasteiger partial charge is 0.313 e. The van der Waals surface area contributed by atoms with Crippen LogP contribution < -0.4 is 5.32 Å². The first-order valence-corrected chi connectivity index (χ1v) is 5.07. The van der Waals surface area contributed by atoms with Gasteiger partial charge in [-0.25, -0.2) is 0 Å². The van der Waals surface area contributed by atoms with E-state index in [0.717, 1.165) is 11.4 Å². The highest BCUT2D eigenvalue weighted by molar-refractivity contribution is 6.31. The summed E-state index contributed by atoms with van der Waals surface area (Å²) >= 11 is 6.16. The molecule has 1 N–H and O–H groups in total. The molecule has 2 heteroatoms. The van der Waals surface area contributed by atoms with Gasteiger partial charge < -0.3 is 5.32 Å². The minimum Gasteiger partial charge on any atom is -0.313 e. The van der Waals surface area contributed by atoms with Crippen LogP contribution in [0, 0.1) is 0 Å². The van der Waals surface area contributed by atoms with E-state index in [9.17, 15) is 0 Å². The number of benzene rings is 1. The highest BCUT2D eigenvalue weighted by Gasteiger charge is 2.28. The number of hydrogen-bond acceptors (Lipinski definition) is 1. The van der Waals surface area contributed by atoms with Gasteiger partial charge in [0, 0.05) is 11.1 Å². The van der Waals surface area contributed by atoms with Crippen molar-refractivity contribution >= 4 is 11.6 Å². The van der Waals surface area contributed by atoms with E-state index in [0.29, 0.717) is 12.0 Å². The zero-order valence-electron chi connectivity index (χ0n) is 7.97. The van der Waals surface area contributed by atoms with Gasteiger partial charge in [-0.2, -0.15) is 0 Å². The molecule has 1 aliphatic rings. The Morgan fingerprint density at radius 2 is 2.23 bits per heavy atom. The fourth-order valence-electron chi connectivity index (χ4n) is 2.25. The number of rotatable bonds is 1. The van der Waals surface area contributed by atoms with Gasteiger partial charge in [0.15, 0.2) is 0 Å². The van der Waals surface area contributed by atoms with Crippen LogP contribution in [0.3, 0.4) is 0 Å². The summed E-state index contributed by atoms with van der Waals surface area (Å²) < 4.78 is 0. The lowest BCUT2D eigenvalue weighted by Crippen LogP contribution is -2.12. The number of fused-ring (bicyclic) bond motifs is 1. The molecule has 2 rings (SSSR count). The highest BCUT2D eigenvalue weighted by Crippen LogP contribution is 2.43. The number of hydrogen-bond donors (Lipinski definition) is 1. The third-order valence-corrected chi connectivity index (χ3v) is 3.22. The molecule has 0 saturated carbocycles. The molecule has 2 atom stereocenters. The van der Waals surface area contributed by atoms with Gasteiger partial charge in [0.05, 0.1) is 0 Å². The maximum absolute atomic E-state index is 6.16. The second-order valence-corrected chi connectivity index (χ2v) is 4.13. The van der Waals surface area contributed by atoms with Crippen LogP contribution in [0.1, 0.15) is 36.4 Å². The summed E-state index contributed by atoms with van der Waals surface area (Å²) in [5.74, 6) is 0.584. The van der Waals surface area contributed by atoms with E-state index in [4.69, 9.17) is 11.6 Å². The lowest BCUT2D eigenvalue weighted by atomic mass is 10.0. The molecule has 0 bridgehead atoms. The Balaban J connectivity index is 2.51. The summed E-state index contributed by atoms with van der Waals surface area (Å²) in [6, 6.07) is 6.67. The second kappa shape index (κ2) is 3.32. The maximum atomic E-state index is 6.16. The molecule has 1 aliphatic carbocycles. The average Bonchev–Trinajstić information content (AvgIpc) is 2.44. The van der Waals surface area contributed by atoms with Crippen LogP contribution in [0.15, 0.2) is 18.2 Å². The molecule has 0 heterocycles. The molecule has 0 aliphatic heterocycles.